The van der Waals surface area contributed by atoms with Crippen molar-refractivity contribution in [2.75, 3.05) is 5.32 Å². The van der Waals surface area contributed by atoms with Gasteiger partial charge in [0.15, 0.2) is 0 Å². The van der Waals surface area contributed by atoms with E-state index in [4.69, 9.17) is 0 Å². The molecular weight excluding hydrogens is 264 g/mol. The van der Waals surface area contributed by atoms with Crippen LogP contribution < -0.4 is 5.32 Å². The van der Waals surface area contributed by atoms with Crippen molar-refractivity contribution in [1.29, 1.82) is 0 Å². The summed E-state index contributed by atoms with van der Waals surface area (Å²) >= 11 is 3.17. The maximum absolute atomic E-state index is 11.6. The van der Waals surface area contributed by atoms with Crippen molar-refractivity contribution in [1.82, 2.24) is 25.6 Å². The zero-order chi connectivity index (χ0) is 10.7. The Morgan fingerprint density at radius 2 is 2.33 bits per heavy atom. The third kappa shape index (κ3) is 2.34. The van der Waals surface area contributed by atoms with Crippen LogP contribution in [0.4, 0.5) is 5.95 Å². The van der Waals surface area contributed by atoms with Crippen molar-refractivity contribution in [2.45, 2.75) is 0 Å². The Balaban J connectivity index is 2.15. The number of H-pyrrole nitrogens is 1. The molecule has 0 saturated heterocycles. The molecule has 0 radical (unpaired) electrons. The number of hydrogen-bond donors (Lipinski definition) is 2. The van der Waals surface area contributed by atoms with E-state index < -0.39 is 0 Å². The number of aromatic nitrogens is 5. The number of nitrogens with one attached hydrogen (secondary N) is 2. The van der Waals surface area contributed by atoms with E-state index in [1.807, 2.05) is 0 Å². The van der Waals surface area contributed by atoms with Crippen molar-refractivity contribution in [3.8, 4) is 0 Å². The topological polar surface area (TPSA) is 96.5 Å². The highest BCUT2D eigenvalue weighted by atomic mass is 79.9. The van der Waals surface area contributed by atoms with Crippen molar-refractivity contribution in [2.24, 2.45) is 0 Å². The minimum absolute atomic E-state index is 0.182. The first kappa shape index (κ1) is 9.71. The zero-order valence-electron chi connectivity index (χ0n) is 7.31. The van der Waals surface area contributed by atoms with Crippen LogP contribution in [0.5, 0.6) is 0 Å². The van der Waals surface area contributed by atoms with E-state index >= 15 is 0 Å². The third-order valence-corrected chi connectivity index (χ3v) is 1.97. The van der Waals surface area contributed by atoms with E-state index in [-0.39, 0.29) is 17.5 Å². The van der Waals surface area contributed by atoms with Crippen LogP contribution in [0.2, 0.25) is 0 Å². The maximum Gasteiger partial charge on any atom is 0.276 e. The summed E-state index contributed by atoms with van der Waals surface area (Å²) in [7, 11) is 0. The molecule has 0 bridgehead atoms. The second-order valence-electron chi connectivity index (χ2n) is 2.55. The van der Waals surface area contributed by atoms with Gasteiger partial charge in [-0.1, -0.05) is 11.2 Å². The predicted octanol–water partition coefficient (Wildman–Crippen LogP) is 0.609. The van der Waals surface area contributed by atoms with E-state index in [2.05, 4.69) is 46.9 Å². The molecule has 0 saturated carbocycles. The minimum atomic E-state index is -0.380. The lowest BCUT2D eigenvalue weighted by molar-refractivity contribution is 0.102. The van der Waals surface area contributed by atoms with Crippen LogP contribution in [0.1, 0.15) is 10.5 Å². The minimum Gasteiger partial charge on any atom is -0.288 e. The van der Waals surface area contributed by atoms with Crippen LogP contribution in [-0.2, 0) is 0 Å². The monoisotopic (exact) mass is 268 g/mol. The molecule has 2 aromatic rings. The maximum atomic E-state index is 11.6. The number of aromatic amines is 1. The van der Waals surface area contributed by atoms with Crippen molar-refractivity contribution < 1.29 is 4.79 Å². The molecule has 0 aliphatic rings. The van der Waals surface area contributed by atoms with Gasteiger partial charge >= 0.3 is 0 Å². The average Bonchev–Trinajstić information content (AvgIpc) is 2.70. The van der Waals surface area contributed by atoms with E-state index in [1.165, 1.54) is 0 Å². The number of hydrogen-bond acceptors (Lipinski definition) is 5. The highest BCUT2D eigenvalue weighted by Gasteiger charge is 2.09. The molecule has 2 N–H and O–H groups in total. The van der Waals surface area contributed by atoms with E-state index in [1.54, 1.807) is 18.2 Å². The van der Waals surface area contributed by atoms with Crippen LogP contribution in [0, 0.1) is 0 Å². The Hall–Kier alpha value is -1.83. The Kier molecular flexibility index (Phi) is 2.68. The number of anilines is 1. The van der Waals surface area contributed by atoms with Gasteiger partial charge in [0.05, 0.1) is 0 Å². The van der Waals surface area contributed by atoms with Gasteiger partial charge in [-0.15, -0.1) is 0 Å². The number of nitrogens with zero attached hydrogens (tertiary/aromatic N) is 4. The van der Waals surface area contributed by atoms with Crippen LogP contribution in [-0.4, -0.2) is 31.5 Å². The summed E-state index contributed by atoms with van der Waals surface area (Å²) < 4.78 is 0.589. The second kappa shape index (κ2) is 4.13. The number of carbonyl (C=O) groups excluding carboxylic acids is 1. The molecule has 2 aromatic heterocycles. The lowest BCUT2D eigenvalue weighted by Crippen LogP contribution is -2.14. The Bertz CT molecular complexity index is 470. The number of tetrazole rings is 1. The average molecular weight is 269 g/mol. The molecule has 0 aliphatic heterocycles. The third-order valence-electron chi connectivity index (χ3n) is 1.53. The SMILES string of the molecule is O=C(Nc1nnn[nH]1)c1cccc(Br)n1. The highest BCUT2D eigenvalue weighted by molar-refractivity contribution is 9.10. The summed E-state index contributed by atoms with van der Waals surface area (Å²) in [6, 6.07) is 5.03. The lowest BCUT2D eigenvalue weighted by Gasteiger charge is -1.99. The lowest BCUT2D eigenvalue weighted by atomic mass is 10.3. The summed E-state index contributed by atoms with van der Waals surface area (Å²) in [5, 5.41) is 15.0. The number of amides is 1. The largest absolute Gasteiger partial charge is 0.288 e. The molecule has 7 nitrogen and oxygen atoms in total. The van der Waals surface area contributed by atoms with E-state index in [9.17, 15) is 4.79 Å². The van der Waals surface area contributed by atoms with Crippen LogP contribution in [0.15, 0.2) is 22.8 Å². The first-order valence-corrected chi connectivity index (χ1v) is 4.72. The van der Waals surface area contributed by atoms with Crippen molar-refractivity contribution in [3.05, 3.63) is 28.5 Å². The molecule has 0 fully saturated rings. The van der Waals surface area contributed by atoms with Crippen molar-refractivity contribution >= 4 is 27.8 Å². The normalized spacial score (nSPS) is 9.93. The van der Waals surface area contributed by atoms with Gasteiger partial charge in [0, 0.05) is 0 Å². The molecule has 2 rings (SSSR count). The fourth-order valence-electron chi connectivity index (χ4n) is 0.918. The molecule has 0 atom stereocenters. The smallest absolute Gasteiger partial charge is 0.276 e. The van der Waals surface area contributed by atoms with Gasteiger partial charge in [0.25, 0.3) is 5.91 Å². The van der Waals surface area contributed by atoms with Gasteiger partial charge in [-0.05, 0) is 38.5 Å². The first-order chi connectivity index (χ1) is 7.25. The molecule has 0 aliphatic carbocycles. The van der Waals surface area contributed by atoms with Gasteiger partial charge in [-0.2, -0.15) is 0 Å². The molecular formula is C7H5BrN6O. The van der Waals surface area contributed by atoms with E-state index in [0.29, 0.717) is 4.60 Å². The molecule has 0 spiro atoms. The number of pyridine rings is 1. The van der Waals surface area contributed by atoms with Gasteiger partial charge in [-0.3, -0.25) is 10.1 Å². The Labute approximate surface area is 92.4 Å². The fraction of sp³-hybridized carbons (Fsp3) is 0. The summed E-state index contributed by atoms with van der Waals surface area (Å²) in [5.41, 5.74) is 0.278. The highest BCUT2D eigenvalue weighted by Crippen LogP contribution is 2.07. The molecule has 15 heavy (non-hydrogen) atoms. The van der Waals surface area contributed by atoms with Crippen molar-refractivity contribution in [3.63, 3.8) is 0 Å². The summed E-state index contributed by atoms with van der Waals surface area (Å²) in [5.74, 6) is -0.198. The van der Waals surface area contributed by atoms with Gasteiger partial charge in [0.2, 0.25) is 5.95 Å². The Morgan fingerprint density at radius 1 is 1.47 bits per heavy atom. The molecule has 1 amide bonds. The van der Waals surface area contributed by atoms with Gasteiger partial charge in [-0.25, -0.2) is 10.1 Å². The fourth-order valence-corrected chi connectivity index (χ4v) is 1.26. The first-order valence-electron chi connectivity index (χ1n) is 3.93. The summed E-state index contributed by atoms with van der Waals surface area (Å²) in [6.45, 7) is 0. The summed E-state index contributed by atoms with van der Waals surface area (Å²) in [6.07, 6.45) is 0. The second-order valence-corrected chi connectivity index (χ2v) is 3.36. The standard InChI is InChI=1S/C7H5BrN6O/c8-5-3-1-2-4(9-5)6(15)10-7-11-13-14-12-7/h1-3H,(H2,10,11,12,13,14,15). The molecule has 8 heteroatoms. The summed E-state index contributed by atoms with van der Waals surface area (Å²) in [4.78, 5) is 15.5. The molecule has 0 aromatic carbocycles. The zero-order valence-corrected chi connectivity index (χ0v) is 8.89. The molecule has 0 unspecified atom stereocenters. The number of rotatable bonds is 2. The predicted molar refractivity (Wildman–Crippen MR) is 54.1 cm³/mol. The van der Waals surface area contributed by atoms with Crippen LogP contribution in [0.3, 0.4) is 0 Å². The van der Waals surface area contributed by atoms with E-state index in [0.717, 1.165) is 0 Å². The molecule has 2 heterocycles. The number of halogens is 1. The molecule has 76 valence electrons. The quantitative estimate of drug-likeness (QED) is 0.778. The Morgan fingerprint density at radius 3 is 3.00 bits per heavy atom. The van der Waals surface area contributed by atoms with Crippen LogP contribution >= 0.6 is 15.9 Å². The van der Waals surface area contributed by atoms with Gasteiger partial charge in [0.1, 0.15) is 10.3 Å². The number of carbonyl (C=O) groups is 1. The van der Waals surface area contributed by atoms with Gasteiger partial charge < -0.3 is 0 Å². The van der Waals surface area contributed by atoms with Crippen LogP contribution in [0.25, 0.3) is 0 Å².